The molecule has 0 unspecified atom stereocenters. The number of rotatable bonds is 8. The quantitative estimate of drug-likeness (QED) is 0.462. The van der Waals surface area contributed by atoms with E-state index in [1.807, 2.05) is 54.6 Å². The van der Waals surface area contributed by atoms with Gasteiger partial charge in [-0.2, -0.15) is 9.78 Å². The molecule has 0 saturated heterocycles. The van der Waals surface area contributed by atoms with Crippen LogP contribution in [0.15, 0.2) is 73.1 Å². The monoisotopic (exact) mass is 429 g/mol. The standard InChI is InChI=1S/C24H23N5O3/c1-31-16-21-19(23(30)26-14-17-8-4-3-5-9-17)15-27-29(21)24-25-13-12-20(28-24)18-10-6-7-11-22(18)32-2/h3-13,15H,14,16H2,1-2H3,(H,26,30). The summed E-state index contributed by atoms with van der Waals surface area (Å²) >= 11 is 0. The lowest BCUT2D eigenvalue weighted by Gasteiger charge is -2.11. The van der Waals surface area contributed by atoms with E-state index in [0.717, 1.165) is 11.1 Å². The molecule has 0 aliphatic carbocycles. The van der Waals surface area contributed by atoms with E-state index in [1.165, 1.54) is 10.9 Å². The second-order valence-electron chi connectivity index (χ2n) is 6.96. The SMILES string of the molecule is COCc1c(C(=O)NCc2ccccc2)cnn1-c1nccc(-c2ccccc2OC)n1. The lowest BCUT2D eigenvalue weighted by atomic mass is 10.1. The molecule has 8 heteroatoms. The Morgan fingerprint density at radius 1 is 1.03 bits per heavy atom. The predicted molar refractivity (Wildman–Crippen MR) is 119 cm³/mol. The fourth-order valence-corrected chi connectivity index (χ4v) is 3.34. The molecule has 162 valence electrons. The Morgan fingerprint density at radius 3 is 2.59 bits per heavy atom. The average Bonchev–Trinajstić information content (AvgIpc) is 3.27. The normalized spacial score (nSPS) is 10.7. The van der Waals surface area contributed by atoms with Crippen molar-refractivity contribution in [2.24, 2.45) is 0 Å². The van der Waals surface area contributed by atoms with Gasteiger partial charge in [-0.3, -0.25) is 4.79 Å². The number of para-hydroxylation sites is 1. The van der Waals surface area contributed by atoms with Crippen LogP contribution in [0.25, 0.3) is 17.2 Å². The van der Waals surface area contributed by atoms with E-state index in [0.29, 0.717) is 35.2 Å². The van der Waals surface area contributed by atoms with Crippen LogP contribution in [0.3, 0.4) is 0 Å². The fraction of sp³-hybridized carbons (Fsp3) is 0.167. The molecule has 2 heterocycles. The number of amides is 1. The summed E-state index contributed by atoms with van der Waals surface area (Å²) in [6, 6.07) is 19.1. The largest absolute Gasteiger partial charge is 0.496 e. The summed E-state index contributed by atoms with van der Waals surface area (Å²) in [5, 5.41) is 7.30. The third-order valence-corrected chi connectivity index (χ3v) is 4.91. The van der Waals surface area contributed by atoms with Crippen molar-refractivity contribution < 1.29 is 14.3 Å². The van der Waals surface area contributed by atoms with Gasteiger partial charge in [0.05, 0.1) is 36.9 Å². The van der Waals surface area contributed by atoms with E-state index in [-0.39, 0.29) is 12.5 Å². The molecule has 0 aliphatic heterocycles. The molecule has 32 heavy (non-hydrogen) atoms. The zero-order valence-electron chi connectivity index (χ0n) is 17.9. The second kappa shape index (κ2) is 9.84. The second-order valence-corrected chi connectivity index (χ2v) is 6.96. The van der Waals surface area contributed by atoms with Crippen molar-refractivity contribution in [1.82, 2.24) is 25.1 Å². The lowest BCUT2D eigenvalue weighted by Crippen LogP contribution is -2.24. The lowest BCUT2D eigenvalue weighted by molar-refractivity contribution is 0.0945. The molecule has 4 aromatic rings. The van der Waals surface area contributed by atoms with Crippen molar-refractivity contribution >= 4 is 5.91 Å². The van der Waals surface area contributed by atoms with Gasteiger partial charge in [0.2, 0.25) is 0 Å². The summed E-state index contributed by atoms with van der Waals surface area (Å²) < 4.78 is 12.3. The van der Waals surface area contributed by atoms with Crippen LogP contribution in [0.2, 0.25) is 0 Å². The topological polar surface area (TPSA) is 91.2 Å². The molecule has 0 bridgehead atoms. The summed E-state index contributed by atoms with van der Waals surface area (Å²) in [5.41, 5.74) is 3.50. The van der Waals surface area contributed by atoms with E-state index in [1.54, 1.807) is 26.5 Å². The van der Waals surface area contributed by atoms with Crippen molar-refractivity contribution in [3.8, 4) is 23.0 Å². The van der Waals surface area contributed by atoms with Gasteiger partial charge in [0, 0.05) is 25.4 Å². The number of methoxy groups -OCH3 is 2. The average molecular weight is 429 g/mol. The van der Waals surface area contributed by atoms with E-state index < -0.39 is 0 Å². The van der Waals surface area contributed by atoms with Gasteiger partial charge in [0.15, 0.2) is 0 Å². The van der Waals surface area contributed by atoms with Crippen LogP contribution in [-0.2, 0) is 17.9 Å². The molecule has 8 nitrogen and oxygen atoms in total. The Bertz CT molecular complexity index is 1210. The Morgan fingerprint density at radius 2 is 1.81 bits per heavy atom. The van der Waals surface area contributed by atoms with Crippen molar-refractivity contribution in [3.63, 3.8) is 0 Å². The van der Waals surface area contributed by atoms with E-state index in [9.17, 15) is 4.79 Å². The molecule has 0 atom stereocenters. The Hall–Kier alpha value is -4.04. The first-order valence-corrected chi connectivity index (χ1v) is 10.1. The third-order valence-electron chi connectivity index (χ3n) is 4.91. The summed E-state index contributed by atoms with van der Waals surface area (Å²) in [6.45, 7) is 0.591. The van der Waals surface area contributed by atoms with Gasteiger partial charge < -0.3 is 14.8 Å². The number of benzene rings is 2. The maximum absolute atomic E-state index is 12.9. The highest BCUT2D eigenvalue weighted by Crippen LogP contribution is 2.28. The van der Waals surface area contributed by atoms with Crippen LogP contribution in [0.5, 0.6) is 5.75 Å². The minimum absolute atomic E-state index is 0.177. The first kappa shape index (κ1) is 21.2. The van der Waals surface area contributed by atoms with Crippen molar-refractivity contribution in [2.75, 3.05) is 14.2 Å². The molecule has 0 aliphatic rings. The number of hydrogen-bond acceptors (Lipinski definition) is 6. The molecule has 4 rings (SSSR count). The van der Waals surface area contributed by atoms with Crippen LogP contribution in [-0.4, -0.2) is 39.9 Å². The zero-order valence-corrected chi connectivity index (χ0v) is 17.9. The minimum Gasteiger partial charge on any atom is -0.496 e. The third kappa shape index (κ3) is 4.50. The minimum atomic E-state index is -0.243. The Balaban J connectivity index is 1.64. The van der Waals surface area contributed by atoms with Gasteiger partial charge in [-0.1, -0.05) is 42.5 Å². The molecule has 1 amide bonds. The zero-order chi connectivity index (χ0) is 22.3. The summed E-state index contributed by atoms with van der Waals surface area (Å²) in [4.78, 5) is 21.9. The maximum atomic E-state index is 12.9. The number of aromatic nitrogens is 4. The highest BCUT2D eigenvalue weighted by atomic mass is 16.5. The van der Waals surface area contributed by atoms with Gasteiger partial charge in [0.1, 0.15) is 5.75 Å². The van der Waals surface area contributed by atoms with E-state index in [4.69, 9.17) is 9.47 Å². The van der Waals surface area contributed by atoms with Gasteiger partial charge in [-0.25, -0.2) is 9.97 Å². The summed E-state index contributed by atoms with van der Waals surface area (Å²) in [7, 11) is 3.18. The molecule has 0 saturated carbocycles. The van der Waals surface area contributed by atoms with Crippen molar-refractivity contribution in [2.45, 2.75) is 13.2 Å². The summed E-state index contributed by atoms with van der Waals surface area (Å²) in [5.74, 6) is 0.798. The van der Waals surface area contributed by atoms with Crippen LogP contribution in [0.4, 0.5) is 0 Å². The number of nitrogens with one attached hydrogen (secondary N) is 1. The van der Waals surface area contributed by atoms with Crippen molar-refractivity contribution in [1.29, 1.82) is 0 Å². The fourth-order valence-electron chi connectivity index (χ4n) is 3.34. The van der Waals surface area contributed by atoms with Gasteiger partial charge in [-0.05, 0) is 23.8 Å². The molecule has 2 aromatic carbocycles. The predicted octanol–water partition coefficient (Wildman–Crippen LogP) is 3.41. The number of carbonyl (C=O) groups excluding carboxylic acids is 1. The van der Waals surface area contributed by atoms with Crippen LogP contribution in [0.1, 0.15) is 21.6 Å². The van der Waals surface area contributed by atoms with Crippen LogP contribution < -0.4 is 10.1 Å². The smallest absolute Gasteiger partial charge is 0.255 e. The Labute approximate surface area is 185 Å². The molecule has 0 radical (unpaired) electrons. The van der Waals surface area contributed by atoms with Crippen LogP contribution in [0, 0.1) is 0 Å². The molecule has 0 fully saturated rings. The number of ether oxygens (including phenoxy) is 2. The van der Waals surface area contributed by atoms with Crippen LogP contribution >= 0.6 is 0 Å². The Kier molecular flexibility index (Phi) is 6.52. The van der Waals surface area contributed by atoms with E-state index >= 15 is 0 Å². The van der Waals surface area contributed by atoms with Crippen molar-refractivity contribution in [3.05, 3.63) is 89.9 Å². The molecule has 1 N–H and O–H groups in total. The number of hydrogen-bond donors (Lipinski definition) is 1. The van der Waals surface area contributed by atoms with Gasteiger partial charge >= 0.3 is 0 Å². The summed E-state index contributed by atoms with van der Waals surface area (Å²) in [6.07, 6.45) is 3.16. The first-order valence-electron chi connectivity index (χ1n) is 10.1. The molecule has 2 aromatic heterocycles. The number of carbonyl (C=O) groups is 1. The molecular formula is C24H23N5O3. The first-order chi connectivity index (χ1) is 15.7. The molecule has 0 spiro atoms. The number of nitrogens with zero attached hydrogens (tertiary/aromatic N) is 4. The van der Waals surface area contributed by atoms with Gasteiger partial charge in [-0.15, -0.1) is 0 Å². The highest BCUT2D eigenvalue weighted by Gasteiger charge is 2.20. The highest BCUT2D eigenvalue weighted by molar-refractivity contribution is 5.95. The van der Waals surface area contributed by atoms with Gasteiger partial charge in [0.25, 0.3) is 11.9 Å². The maximum Gasteiger partial charge on any atom is 0.255 e. The van der Waals surface area contributed by atoms with E-state index in [2.05, 4.69) is 20.4 Å². The molecular weight excluding hydrogens is 406 g/mol.